The average Bonchev–Trinajstić information content (AvgIpc) is 2.14. The molecule has 1 saturated heterocycles. The molecule has 0 aliphatic carbocycles. The highest BCUT2D eigenvalue weighted by Gasteiger charge is 2.24. The zero-order valence-corrected chi connectivity index (χ0v) is 9.73. The first kappa shape index (κ1) is 11.0. The lowest BCUT2D eigenvalue weighted by molar-refractivity contribution is 0.0648. The van der Waals surface area contributed by atoms with Crippen LogP contribution in [0.15, 0.2) is 18.2 Å². The first-order valence-electron chi connectivity index (χ1n) is 5.72. The number of likely N-dealkylation sites (tertiary alicyclic amines) is 1. The number of hydrogen-bond donors (Lipinski definition) is 1. The molecule has 1 aliphatic heterocycles. The number of aromatic hydroxyl groups is 1. The van der Waals surface area contributed by atoms with Gasteiger partial charge in [0.15, 0.2) is 0 Å². The molecule has 1 amide bonds. The minimum atomic E-state index is -0.0498. The Bertz CT molecular complexity index is 408. The smallest absolute Gasteiger partial charge is 0.257 e. The minimum Gasteiger partial charge on any atom is -0.507 e. The third-order valence-electron chi connectivity index (χ3n) is 3.06. The van der Waals surface area contributed by atoms with Crippen molar-refractivity contribution in [3.63, 3.8) is 0 Å². The van der Waals surface area contributed by atoms with Gasteiger partial charge in [-0.25, -0.2) is 0 Å². The predicted molar refractivity (Wildman–Crippen MR) is 62.7 cm³/mol. The van der Waals surface area contributed by atoms with Crippen molar-refractivity contribution in [3.8, 4) is 5.75 Å². The van der Waals surface area contributed by atoms with Crippen LogP contribution in [-0.2, 0) is 0 Å². The maximum atomic E-state index is 12.0. The summed E-state index contributed by atoms with van der Waals surface area (Å²) < 4.78 is 0. The van der Waals surface area contributed by atoms with Crippen LogP contribution in [0.4, 0.5) is 0 Å². The Morgan fingerprint density at radius 1 is 1.38 bits per heavy atom. The van der Waals surface area contributed by atoms with Crippen molar-refractivity contribution < 1.29 is 9.90 Å². The fourth-order valence-corrected chi connectivity index (χ4v) is 1.89. The summed E-state index contributed by atoms with van der Waals surface area (Å²) in [6.07, 6.45) is 1.07. The molecule has 1 heterocycles. The standard InChI is InChI=1S/C13H17NO2/c1-9(2)10-5-3-6-11(12(10)15)13(16)14-7-4-8-14/h3,5-6,9,15H,4,7-8H2,1-2H3. The molecular formula is C13H17NO2. The second kappa shape index (κ2) is 4.16. The average molecular weight is 219 g/mol. The van der Waals surface area contributed by atoms with Gasteiger partial charge in [0.2, 0.25) is 0 Å². The molecule has 0 bridgehead atoms. The summed E-state index contributed by atoms with van der Waals surface area (Å²) >= 11 is 0. The molecular weight excluding hydrogens is 202 g/mol. The Morgan fingerprint density at radius 2 is 2.06 bits per heavy atom. The second-order valence-corrected chi connectivity index (χ2v) is 4.54. The third kappa shape index (κ3) is 1.77. The van der Waals surface area contributed by atoms with E-state index in [2.05, 4.69) is 0 Å². The largest absolute Gasteiger partial charge is 0.507 e. The summed E-state index contributed by atoms with van der Waals surface area (Å²) in [5.41, 5.74) is 1.28. The van der Waals surface area contributed by atoms with Crippen LogP contribution in [0, 0.1) is 0 Å². The van der Waals surface area contributed by atoms with E-state index in [9.17, 15) is 9.90 Å². The van der Waals surface area contributed by atoms with Crippen molar-refractivity contribution in [2.75, 3.05) is 13.1 Å². The fraction of sp³-hybridized carbons (Fsp3) is 0.462. The van der Waals surface area contributed by atoms with Gasteiger partial charge in [0.1, 0.15) is 5.75 Å². The van der Waals surface area contributed by atoms with Crippen molar-refractivity contribution in [1.82, 2.24) is 4.90 Å². The number of benzene rings is 1. The van der Waals surface area contributed by atoms with Gasteiger partial charge in [0.05, 0.1) is 5.56 Å². The highest BCUT2D eigenvalue weighted by molar-refractivity contribution is 5.97. The fourth-order valence-electron chi connectivity index (χ4n) is 1.89. The zero-order chi connectivity index (χ0) is 11.7. The van der Waals surface area contributed by atoms with Gasteiger partial charge in [-0.15, -0.1) is 0 Å². The zero-order valence-electron chi connectivity index (χ0n) is 9.73. The van der Waals surface area contributed by atoms with E-state index < -0.39 is 0 Å². The lowest BCUT2D eigenvalue weighted by atomic mass is 9.98. The number of hydrogen-bond acceptors (Lipinski definition) is 2. The van der Waals surface area contributed by atoms with Gasteiger partial charge < -0.3 is 10.0 Å². The molecule has 1 aromatic carbocycles. The normalized spacial score (nSPS) is 15.1. The van der Waals surface area contributed by atoms with Gasteiger partial charge in [-0.1, -0.05) is 26.0 Å². The quantitative estimate of drug-likeness (QED) is 0.829. The van der Waals surface area contributed by atoms with Crippen molar-refractivity contribution in [2.45, 2.75) is 26.2 Å². The Morgan fingerprint density at radius 3 is 2.56 bits per heavy atom. The molecule has 86 valence electrons. The summed E-state index contributed by atoms with van der Waals surface area (Å²) in [6, 6.07) is 5.40. The Balaban J connectivity index is 2.33. The number of nitrogens with zero attached hydrogens (tertiary/aromatic N) is 1. The van der Waals surface area contributed by atoms with Crippen molar-refractivity contribution in [2.24, 2.45) is 0 Å². The SMILES string of the molecule is CC(C)c1cccc(C(=O)N2CCC2)c1O. The van der Waals surface area contributed by atoms with E-state index >= 15 is 0 Å². The van der Waals surface area contributed by atoms with Crippen molar-refractivity contribution >= 4 is 5.91 Å². The molecule has 0 spiro atoms. The van der Waals surface area contributed by atoms with Gasteiger partial charge in [-0.3, -0.25) is 4.79 Å². The molecule has 1 aliphatic rings. The van der Waals surface area contributed by atoms with E-state index in [0.717, 1.165) is 25.1 Å². The van der Waals surface area contributed by atoms with Gasteiger partial charge in [-0.2, -0.15) is 0 Å². The second-order valence-electron chi connectivity index (χ2n) is 4.54. The van der Waals surface area contributed by atoms with Crippen LogP contribution in [0.25, 0.3) is 0 Å². The van der Waals surface area contributed by atoms with E-state index in [1.54, 1.807) is 11.0 Å². The summed E-state index contributed by atoms with van der Waals surface area (Å²) in [4.78, 5) is 13.8. The van der Waals surface area contributed by atoms with Crippen molar-refractivity contribution in [1.29, 1.82) is 0 Å². The number of phenolic OH excluding ortho intramolecular Hbond substituents is 1. The highest BCUT2D eigenvalue weighted by Crippen LogP contribution is 2.30. The van der Waals surface area contributed by atoms with Crippen LogP contribution in [-0.4, -0.2) is 29.0 Å². The molecule has 3 nitrogen and oxygen atoms in total. The Labute approximate surface area is 95.7 Å². The first-order chi connectivity index (χ1) is 7.61. The van der Waals surface area contributed by atoms with E-state index in [-0.39, 0.29) is 17.6 Å². The Kier molecular flexibility index (Phi) is 2.86. The topological polar surface area (TPSA) is 40.5 Å². The summed E-state index contributed by atoms with van der Waals surface area (Å²) in [6.45, 7) is 5.63. The third-order valence-corrected chi connectivity index (χ3v) is 3.06. The lowest BCUT2D eigenvalue weighted by Crippen LogP contribution is -2.42. The number of amides is 1. The van der Waals surface area contributed by atoms with E-state index in [0.29, 0.717) is 5.56 Å². The lowest BCUT2D eigenvalue weighted by Gasteiger charge is -2.31. The van der Waals surface area contributed by atoms with Gasteiger partial charge in [-0.05, 0) is 24.0 Å². The van der Waals surface area contributed by atoms with Gasteiger partial charge in [0, 0.05) is 13.1 Å². The molecule has 2 rings (SSSR count). The number of para-hydroxylation sites is 1. The monoisotopic (exact) mass is 219 g/mol. The maximum absolute atomic E-state index is 12.0. The molecule has 0 radical (unpaired) electrons. The molecule has 0 aromatic heterocycles. The number of phenols is 1. The number of carbonyl (C=O) groups excluding carboxylic acids is 1. The van der Waals surface area contributed by atoms with Crippen LogP contribution in [0.3, 0.4) is 0 Å². The van der Waals surface area contributed by atoms with Crippen LogP contribution in [0.2, 0.25) is 0 Å². The van der Waals surface area contributed by atoms with Crippen LogP contribution in [0.5, 0.6) is 5.75 Å². The number of rotatable bonds is 2. The molecule has 0 atom stereocenters. The first-order valence-corrected chi connectivity index (χ1v) is 5.72. The van der Waals surface area contributed by atoms with Gasteiger partial charge in [0.25, 0.3) is 5.91 Å². The molecule has 0 saturated carbocycles. The molecule has 16 heavy (non-hydrogen) atoms. The molecule has 3 heteroatoms. The minimum absolute atomic E-state index is 0.0498. The van der Waals surface area contributed by atoms with E-state index in [1.807, 2.05) is 26.0 Å². The predicted octanol–water partition coefficient (Wildman–Crippen LogP) is 2.36. The summed E-state index contributed by atoms with van der Waals surface area (Å²) in [7, 11) is 0. The highest BCUT2D eigenvalue weighted by atomic mass is 16.3. The van der Waals surface area contributed by atoms with Crippen LogP contribution in [0.1, 0.15) is 42.1 Å². The molecule has 1 N–H and O–H groups in total. The maximum Gasteiger partial charge on any atom is 0.257 e. The van der Waals surface area contributed by atoms with Crippen LogP contribution < -0.4 is 0 Å². The Hall–Kier alpha value is -1.51. The molecule has 1 aromatic rings. The summed E-state index contributed by atoms with van der Waals surface area (Å²) in [5.74, 6) is 0.324. The summed E-state index contributed by atoms with van der Waals surface area (Å²) in [5, 5.41) is 10.1. The van der Waals surface area contributed by atoms with E-state index in [4.69, 9.17) is 0 Å². The molecule has 1 fully saturated rings. The van der Waals surface area contributed by atoms with Gasteiger partial charge >= 0.3 is 0 Å². The number of carbonyl (C=O) groups is 1. The molecule has 0 unspecified atom stereocenters. The van der Waals surface area contributed by atoms with E-state index in [1.165, 1.54) is 0 Å². The van der Waals surface area contributed by atoms with Crippen LogP contribution >= 0.6 is 0 Å². The van der Waals surface area contributed by atoms with Crippen molar-refractivity contribution in [3.05, 3.63) is 29.3 Å².